The standard InChI is InChI=1S/C20H26N4O3/c1-16(24-12-6-11-21-24)20(26)22(2)15-19(25)23-13-9-18(10-14-23)27-17-7-4-3-5-8-17/h3-8,11-12,16,18H,9-10,13-15H2,1-2H3. The Labute approximate surface area is 159 Å². The van der Waals surface area contributed by atoms with Crippen molar-refractivity contribution in [3.05, 3.63) is 48.8 Å². The van der Waals surface area contributed by atoms with Crippen LogP contribution < -0.4 is 4.74 Å². The van der Waals surface area contributed by atoms with Gasteiger partial charge in [-0.2, -0.15) is 5.10 Å². The molecule has 7 nitrogen and oxygen atoms in total. The molecule has 0 radical (unpaired) electrons. The number of rotatable bonds is 6. The predicted molar refractivity (Wildman–Crippen MR) is 101 cm³/mol. The summed E-state index contributed by atoms with van der Waals surface area (Å²) in [6.07, 6.45) is 5.09. The Bertz CT molecular complexity index is 740. The highest BCUT2D eigenvalue weighted by Gasteiger charge is 2.27. The Hall–Kier alpha value is -2.83. The van der Waals surface area contributed by atoms with Gasteiger partial charge in [0.05, 0.1) is 6.54 Å². The summed E-state index contributed by atoms with van der Waals surface area (Å²) >= 11 is 0. The van der Waals surface area contributed by atoms with Crippen molar-refractivity contribution >= 4 is 11.8 Å². The number of hydrogen-bond acceptors (Lipinski definition) is 4. The van der Waals surface area contributed by atoms with Gasteiger partial charge >= 0.3 is 0 Å². The molecule has 0 spiro atoms. The second kappa shape index (κ2) is 8.70. The molecular weight excluding hydrogens is 344 g/mol. The van der Waals surface area contributed by atoms with E-state index in [9.17, 15) is 9.59 Å². The topological polar surface area (TPSA) is 67.7 Å². The lowest BCUT2D eigenvalue weighted by Crippen LogP contribution is -2.47. The van der Waals surface area contributed by atoms with E-state index in [0.717, 1.165) is 18.6 Å². The first-order chi connectivity index (χ1) is 13.0. The Morgan fingerprint density at radius 3 is 2.56 bits per heavy atom. The molecule has 0 bridgehead atoms. The maximum atomic E-state index is 12.6. The maximum absolute atomic E-state index is 12.6. The lowest BCUT2D eigenvalue weighted by Gasteiger charge is -2.33. The van der Waals surface area contributed by atoms with Gasteiger partial charge in [-0.3, -0.25) is 14.3 Å². The van der Waals surface area contributed by atoms with Crippen molar-refractivity contribution in [2.24, 2.45) is 0 Å². The number of hydrogen-bond donors (Lipinski definition) is 0. The first kappa shape index (κ1) is 18.9. The number of likely N-dealkylation sites (tertiary alicyclic amines) is 1. The first-order valence-corrected chi connectivity index (χ1v) is 9.28. The Morgan fingerprint density at radius 1 is 1.22 bits per heavy atom. The Kier molecular flexibility index (Phi) is 6.11. The zero-order chi connectivity index (χ0) is 19.2. The van der Waals surface area contributed by atoms with Crippen LogP contribution >= 0.6 is 0 Å². The predicted octanol–water partition coefficient (Wildman–Crippen LogP) is 1.97. The first-order valence-electron chi connectivity index (χ1n) is 9.28. The van der Waals surface area contributed by atoms with Gasteiger partial charge in [0.2, 0.25) is 11.8 Å². The number of piperidine rings is 1. The highest BCUT2D eigenvalue weighted by atomic mass is 16.5. The number of nitrogens with zero attached hydrogens (tertiary/aromatic N) is 4. The van der Waals surface area contributed by atoms with E-state index in [-0.39, 0.29) is 24.5 Å². The van der Waals surface area contributed by atoms with E-state index in [4.69, 9.17) is 4.74 Å². The van der Waals surface area contributed by atoms with Crippen LogP contribution in [0.2, 0.25) is 0 Å². The monoisotopic (exact) mass is 370 g/mol. The van der Waals surface area contributed by atoms with Crippen LogP contribution in [0.3, 0.4) is 0 Å². The van der Waals surface area contributed by atoms with Gasteiger partial charge in [-0.25, -0.2) is 0 Å². The fourth-order valence-electron chi connectivity index (χ4n) is 3.24. The highest BCUT2D eigenvalue weighted by Crippen LogP contribution is 2.19. The van der Waals surface area contributed by atoms with Crippen LogP contribution in [0.25, 0.3) is 0 Å². The third-order valence-electron chi connectivity index (χ3n) is 4.87. The summed E-state index contributed by atoms with van der Waals surface area (Å²) in [5, 5.41) is 4.09. The minimum atomic E-state index is -0.428. The average Bonchev–Trinajstić information content (AvgIpc) is 3.23. The van der Waals surface area contributed by atoms with E-state index >= 15 is 0 Å². The van der Waals surface area contributed by atoms with Crippen LogP contribution in [0.15, 0.2) is 48.8 Å². The molecule has 2 heterocycles. The molecule has 27 heavy (non-hydrogen) atoms. The molecule has 1 unspecified atom stereocenters. The van der Waals surface area contributed by atoms with Crippen molar-refractivity contribution in [1.82, 2.24) is 19.6 Å². The number of amides is 2. The molecule has 0 N–H and O–H groups in total. The summed E-state index contributed by atoms with van der Waals surface area (Å²) in [5.41, 5.74) is 0. The van der Waals surface area contributed by atoms with Gasteiger partial charge in [0.25, 0.3) is 0 Å². The number of carbonyl (C=O) groups excluding carboxylic acids is 2. The molecule has 1 aromatic carbocycles. The minimum Gasteiger partial charge on any atom is -0.490 e. The Morgan fingerprint density at radius 2 is 1.93 bits per heavy atom. The lowest BCUT2D eigenvalue weighted by molar-refractivity contribution is -0.142. The van der Waals surface area contributed by atoms with Gasteiger partial charge in [0, 0.05) is 45.4 Å². The molecule has 7 heteroatoms. The number of ether oxygens (including phenoxy) is 1. The Balaban J connectivity index is 1.45. The molecule has 1 aromatic heterocycles. The molecule has 1 atom stereocenters. The molecule has 0 aliphatic carbocycles. The fraction of sp³-hybridized carbons (Fsp3) is 0.450. The molecule has 1 saturated heterocycles. The van der Waals surface area contributed by atoms with E-state index < -0.39 is 6.04 Å². The molecule has 3 rings (SSSR count). The van der Waals surface area contributed by atoms with Gasteiger partial charge in [-0.1, -0.05) is 18.2 Å². The van der Waals surface area contributed by atoms with Crippen LogP contribution in [-0.2, 0) is 9.59 Å². The van der Waals surface area contributed by atoms with Crippen molar-refractivity contribution in [2.75, 3.05) is 26.7 Å². The van der Waals surface area contributed by atoms with E-state index in [0.29, 0.717) is 13.1 Å². The van der Waals surface area contributed by atoms with Gasteiger partial charge in [0.15, 0.2) is 0 Å². The summed E-state index contributed by atoms with van der Waals surface area (Å²) < 4.78 is 7.56. The molecular formula is C20H26N4O3. The third kappa shape index (κ3) is 4.87. The van der Waals surface area contributed by atoms with Gasteiger partial charge in [-0.15, -0.1) is 0 Å². The normalized spacial score (nSPS) is 16.0. The molecule has 0 saturated carbocycles. The zero-order valence-corrected chi connectivity index (χ0v) is 15.8. The number of carbonyl (C=O) groups is 2. The van der Waals surface area contributed by atoms with Crippen molar-refractivity contribution in [3.63, 3.8) is 0 Å². The molecule has 2 amide bonds. The van der Waals surface area contributed by atoms with Crippen LogP contribution in [-0.4, -0.2) is 64.2 Å². The minimum absolute atomic E-state index is 0.0309. The van der Waals surface area contributed by atoms with E-state index in [1.807, 2.05) is 35.2 Å². The van der Waals surface area contributed by atoms with Crippen molar-refractivity contribution in [1.29, 1.82) is 0 Å². The number of likely N-dealkylation sites (N-methyl/N-ethyl adjacent to an activating group) is 1. The average molecular weight is 370 g/mol. The summed E-state index contributed by atoms with van der Waals surface area (Å²) in [7, 11) is 1.66. The summed E-state index contributed by atoms with van der Waals surface area (Å²) in [6, 6.07) is 11.1. The second-order valence-electron chi connectivity index (χ2n) is 6.87. The van der Waals surface area contributed by atoms with E-state index in [2.05, 4.69) is 5.10 Å². The maximum Gasteiger partial charge on any atom is 0.247 e. The number of para-hydroxylation sites is 1. The van der Waals surface area contributed by atoms with Gasteiger partial charge in [-0.05, 0) is 25.1 Å². The van der Waals surface area contributed by atoms with Crippen LogP contribution in [0.1, 0.15) is 25.8 Å². The largest absolute Gasteiger partial charge is 0.490 e. The molecule has 144 valence electrons. The molecule has 1 aliphatic rings. The second-order valence-corrected chi connectivity index (χ2v) is 6.87. The van der Waals surface area contributed by atoms with Gasteiger partial charge in [0.1, 0.15) is 17.9 Å². The van der Waals surface area contributed by atoms with Crippen LogP contribution in [0.5, 0.6) is 5.75 Å². The van der Waals surface area contributed by atoms with Crippen molar-refractivity contribution in [3.8, 4) is 5.75 Å². The smallest absolute Gasteiger partial charge is 0.247 e. The highest BCUT2D eigenvalue weighted by molar-refractivity contribution is 5.86. The number of aromatic nitrogens is 2. The quantitative estimate of drug-likeness (QED) is 0.780. The SMILES string of the molecule is CC(C(=O)N(C)CC(=O)N1CCC(Oc2ccccc2)CC1)n1cccn1. The summed E-state index contributed by atoms with van der Waals surface area (Å²) in [5.74, 6) is 0.700. The third-order valence-corrected chi connectivity index (χ3v) is 4.87. The molecule has 1 aliphatic heterocycles. The summed E-state index contributed by atoms with van der Waals surface area (Å²) in [4.78, 5) is 28.3. The van der Waals surface area contributed by atoms with Crippen molar-refractivity contribution < 1.29 is 14.3 Å². The fourth-order valence-corrected chi connectivity index (χ4v) is 3.24. The van der Waals surface area contributed by atoms with Crippen molar-refractivity contribution in [2.45, 2.75) is 31.9 Å². The summed E-state index contributed by atoms with van der Waals surface area (Å²) in [6.45, 7) is 3.15. The zero-order valence-electron chi connectivity index (χ0n) is 15.8. The number of benzene rings is 1. The van der Waals surface area contributed by atoms with Crippen LogP contribution in [0.4, 0.5) is 0 Å². The van der Waals surface area contributed by atoms with E-state index in [1.165, 1.54) is 4.90 Å². The lowest BCUT2D eigenvalue weighted by atomic mass is 10.1. The van der Waals surface area contributed by atoms with Crippen LogP contribution in [0, 0.1) is 0 Å². The molecule has 1 fully saturated rings. The van der Waals surface area contributed by atoms with Gasteiger partial charge < -0.3 is 14.5 Å². The molecule has 2 aromatic rings. The van der Waals surface area contributed by atoms with E-state index in [1.54, 1.807) is 37.1 Å².